The number of carbonyl (C=O) groups is 9. The number of hydrogen-bond donors (Lipinski definition) is 8. The molecular formula is C70H81F2N10O14PS2. The van der Waals surface area contributed by atoms with Crippen LogP contribution in [0.15, 0.2) is 95.9 Å². The van der Waals surface area contributed by atoms with E-state index in [0.29, 0.717) is 97.6 Å². The van der Waals surface area contributed by atoms with Gasteiger partial charge in [-0.25, -0.2) is 8.42 Å². The molecule has 6 atom stereocenters. The van der Waals surface area contributed by atoms with E-state index in [1.807, 2.05) is 30.0 Å². The summed E-state index contributed by atoms with van der Waals surface area (Å²) in [5, 5.41) is 10.9. The molecule has 6 aliphatic rings. The first-order valence-electron chi connectivity index (χ1n) is 33.7. The molecule has 1 aliphatic carbocycles. The van der Waals surface area contributed by atoms with Gasteiger partial charge in [-0.2, -0.15) is 8.78 Å². The second-order valence-electron chi connectivity index (χ2n) is 26.5. The highest BCUT2D eigenvalue weighted by atomic mass is 32.2. The van der Waals surface area contributed by atoms with E-state index >= 15 is 0 Å². The summed E-state index contributed by atoms with van der Waals surface area (Å²) in [5.74, 6) is 1.71. The van der Waals surface area contributed by atoms with E-state index in [-0.39, 0.29) is 90.2 Å². The van der Waals surface area contributed by atoms with Gasteiger partial charge in [0.15, 0.2) is 0 Å². The number of carbonyl (C=O) groups excluding carboxylic acids is 9. The summed E-state index contributed by atoms with van der Waals surface area (Å²) in [4.78, 5) is 149. The van der Waals surface area contributed by atoms with Crippen LogP contribution in [-0.4, -0.2) is 160 Å². The number of piperidine rings is 2. The van der Waals surface area contributed by atoms with E-state index in [1.165, 1.54) is 28.4 Å². The van der Waals surface area contributed by atoms with Gasteiger partial charge in [-0.15, -0.1) is 11.3 Å². The molecule has 1 unspecified atom stereocenters. The number of imide groups is 1. The number of sulfonamides is 1. The lowest BCUT2D eigenvalue weighted by Gasteiger charge is -2.38. The Morgan fingerprint density at radius 3 is 2.28 bits per heavy atom. The lowest BCUT2D eigenvalue weighted by Crippen LogP contribution is -2.62. The van der Waals surface area contributed by atoms with Gasteiger partial charge in [-0.05, 0) is 159 Å². The van der Waals surface area contributed by atoms with Crippen LogP contribution in [0.25, 0.3) is 10.1 Å². The molecule has 29 heteroatoms. The molecule has 526 valence electrons. The monoisotopic (exact) mass is 1420 g/mol. The average molecular weight is 1420 g/mol. The van der Waals surface area contributed by atoms with E-state index in [2.05, 4.69) is 37.8 Å². The number of nitrogens with zero attached hydrogens (tertiary/aromatic N) is 4. The van der Waals surface area contributed by atoms with Crippen LogP contribution in [0.5, 0.6) is 0 Å². The minimum absolute atomic E-state index is 0.0118. The second kappa shape index (κ2) is 30.6. The fraction of sp³-hybridized carbons (Fsp3) is 0.471. The van der Waals surface area contributed by atoms with Crippen molar-refractivity contribution in [2.75, 3.05) is 37.4 Å². The summed E-state index contributed by atoms with van der Waals surface area (Å²) in [7, 11) is -9.91. The Hall–Kier alpha value is -8.45. The van der Waals surface area contributed by atoms with Gasteiger partial charge in [0.05, 0.1) is 9.77 Å². The van der Waals surface area contributed by atoms with Crippen molar-refractivity contribution in [2.45, 2.75) is 175 Å². The summed E-state index contributed by atoms with van der Waals surface area (Å²) >= 11 is 0.911. The maximum atomic E-state index is 15.0. The highest BCUT2D eigenvalue weighted by Crippen LogP contribution is 2.59. The first-order chi connectivity index (χ1) is 47.2. The number of likely N-dealkylation sites (tertiary alicyclic amines) is 1. The van der Waals surface area contributed by atoms with Crippen LogP contribution in [0.1, 0.15) is 163 Å². The van der Waals surface area contributed by atoms with Crippen molar-refractivity contribution in [1.82, 2.24) is 40.9 Å². The molecule has 0 radical (unpaired) electrons. The molecule has 1 saturated carbocycles. The third kappa shape index (κ3) is 16.6. The second-order valence-corrected chi connectivity index (χ2v) is 30.9. The number of nitrogens with two attached hydrogens (primary N) is 1. The van der Waals surface area contributed by atoms with Crippen molar-refractivity contribution in [1.29, 1.82) is 0 Å². The fourth-order valence-corrected chi connectivity index (χ4v) is 16.9. The molecule has 0 spiro atoms. The average Bonchev–Trinajstić information content (AvgIpc) is 1.71. The Labute approximate surface area is 576 Å². The summed E-state index contributed by atoms with van der Waals surface area (Å²) in [6, 6.07) is 16.5. The molecule has 6 heterocycles. The van der Waals surface area contributed by atoms with Gasteiger partial charge in [0.2, 0.25) is 41.4 Å². The lowest BCUT2D eigenvalue weighted by molar-refractivity contribution is -0.144. The van der Waals surface area contributed by atoms with Crippen LogP contribution < -0.4 is 31.7 Å². The normalized spacial score (nSPS) is 21.1. The number of benzene rings is 4. The summed E-state index contributed by atoms with van der Waals surface area (Å²) in [5.41, 5.74) is 3.92. The number of fused-ring (bicyclic) bond motifs is 3. The number of alkyl halides is 2. The fourth-order valence-electron chi connectivity index (χ4n) is 14.4. The predicted octanol–water partition coefficient (Wildman–Crippen LogP) is 6.47. The van der Waals surface area contributed by atoms with E-state index in [4.69, 9.17) is 5.73 Å². The lowest BCUT2D eigenvalue weighted by atomic mass is 9.84. The Kier molecular flexibility index (Phi) is 22.2. The summed E-state index contributed by atoms with van der Waals surface area (Å²) in [6.45, 7) is 3.70. The highest BCUT2D eigenvalue weighted by molar-refractivity contribution is 7.92. The standard InChI is InChI=1S/C70H81F2N10O14PS2/c1-2-79-34-33-50-22-26-58(82(50)69(91)56(41-79)76-66(88)60-39-47-38-48(19-28-59(47)98-60)70(71,72)97(92,93)94)65(87)74-54(25-29-61(73)83)63(85)75-55(37-43-15-20-49(21-16-43)78-99(95,96)51-23-17-45(18-24-51)44-10-4-3-5-11-44)68(90)80-35-31-42(32-36-80)9-6-7-12-46-13-8-14-52-53(46)40-81(67(52)89)57-27-30-62(84)77-64(57)86/h8,13-21,23-24,28,38-39,42,44,50,54-58,78H,2-6,9-11,22,25-27,29-37,40-41H2,1H3,(H2,73,83)(H,74,87)(H,75,85)(H,76,88)(H,77,84,86)(H2,92,93,94)/t50-,54+,55+,56+,57?,58+/m1/s1. The number of primary amides is 1. The van der Waals surface area contributed by atoms with E-state index in [1.54, 1.807) is 53.4 Å². The molecule has 9 amide bonds. The van der Waals surface area contributed by atoms with Gasteiger partial charge in [-0.1, -0.05) is 74.4 Å². The van der Waals surface area contributed by atoms with Crippen molar-refractivity contribution >= 4 is 97.9 Å². The van der Waals surface area contributed by atoms with Crippen molar-refractivity contribution in [2.24, 2.45) is 11.7 Å². The minimum Gasteiger partial charge on any atom is -0.370 e. The number of thiophene rings is 1. The number of likely N-dealkylation sites (N-methyl/N-ethyl adjacent to an activating group) is 1. The summed E-state index contributed by atoms with van der Waals surface area (Å²) in [6.07, 6.45) is 8.56. The van der Waals surface area contributed by atoms with Crippen LogP contribution in [0, 0.1) is 17.8 Å². The first-order valence-corrected chi connectivity index (χ1v) is 37.6. The molecule has 0 bridgehead atoms. The van der Waals surface area contributed by atoms with Crippen molar-refractivity contribution in [3.63, 3.8) is 0 Å². The molecule has 5 fully saturated rings. The SMILES string of the molecule is CCN1CC[C@H]2CC[C@@H](C(=O)N[C@@H](CCC(N)=O)C(=O)N[C@@H](Cc3ccc(NS(=O)(=O)c4ccc(C5CCCCC5)cc4)cc3)C(=O)N3CCC(CCC#Cc4cccc5c4CN(C4CCC(=O)NC4=O)C5=O)CC3)N2C(=O)[C@@H](NC(=O)c2cc3cc(C(F)(F)P(=O)(O)O)ccc3s2)C1. The Morgan fingerprint density at radius 2 is 1.59 bits per heavy atom. The third-order valence-electron chi connectivity index (χ3n) is 20.0. The van der Waals surface area contributed by atoms with Gasteiger partial charge in [0.25, 0.3) is 21.8 Å². The molecule has 5 aromatic rings. The number of nitrogens with one attached hydrogen (secondary N) is 5. The van der Waals surface area contributed by atoms with E-state index in [9.17, 15) is 74.7 Å². The predicted molar refractivity (Wildman–Crippen MR) is 363 cm³/mol. The minimum atomic E-state index is -5.90. The van der Waals surface area contributed by atoms with Gasteiger partial charge in [0, 0.05) is 91.5 Å². The number of amides is 9. The Morgan fingerprint density at radius 1 is 0.848 bits per heavy atom. The van der Waals surface area contributed by atoms with Crippen molar-refractivity contribution < 1.29 is 74.7 Å². The van der Waals surface area contributed by atoms with Crippen LogP contribution in [0.3, 0.4) is 0 Å². The third-order valence-corrected chi connectivity index (χ3v) is 23.5. The van der Waals surface area contributed by atoms with Gasteiger partial charge >= 0.3 is 13.3 Å². The number of rotatable bonds is 22. The molecule has 5 aliphatic heterocycles. The van der Waals surface area contributed by atoms with Gasteiger partial charge < -0.3 is 51.1 Å². The maximum absolute atomic E-state index is 15.0. The molecule has 99 heavy (non-hydrogen) atoms. The number of halogens is 2. The maximum Gasteiger partial charge on any atom is 0.399 e. The Balaban J connectivity index is 0.778. The Bertz CT molecular complexity index is 4180. The molecule has 4 saturated heterocycles. The topological polar surface area (TPSA) is 344 Å². The number of anilines is 1. The largest absolute Gasteiger partial charge is 0.399 e. The molecule has 11 rings (SSSR count). The van der Waals surface area contributed by atoms with Crippen LogP contribution in [-0.2, 0) is 66.8 Å². The zero-order valence-electron chi connectivity index (χ0n) is 54.7. The number of hydrogen-bond acceptors (Lipinski definition) is 14. The van der Waals surface area contributed by atoms with E-state index < -0.39 is 106 Å². The highest BCUT2D eigenvalue weighted by Gasteiger charge is 2.51. The zero-order valence-corrected chi connectivity index (χ0v) is 57.2. The summed E-state index contributed by atoms with van der Waals surface area (Å²) < 4.78 is 71.4. The van der Waals surface area contributed by atoms with Crippen LogP contribution in [0.4, 0.5) is 14.5 Å². The van der Waals surface area contributed by atoms with Crippen molar-refractivity contribution in [3.05, 3.63) is 129 Å². The molecule has 24 nitrogen and oxygen atoms in total. The van der Waals surface area contributed by atoms with Gasteiger partial charge in [0.1, 0.15) is 30.2 Å². The molecule has 1 aromatic heterocycles. The van der Waals surface area contributed by atoms with E-state index in [0.717, 1.165) is 54.7 Å². The quantitative estimate of drug-likeness (QED) is 0.0209. The molecule has 4 aromatic carbocycles. The van der Waals surface area contributed by atoms with Gasteiger partial charge in [-0.3, -0.25) is 57.8 Å². The van der Waals surface area contributed by atoms with Crippen LogP contribution >= 0.6 is 18.9 Å². The smallest absolute Gasteiger partial charge is 0.370 e. The molecule has 9 N–H and O–H groups in total. The molecular weight excluding hydrogens is 1340 g/mol. The van der Waals surface area contributed by atoms with Crippen molar-refractivity contribution in [3.8, 4) is 11.8 Å². The zero-order chi connectivity index (χ0) is 70.5. The first kappa shape index (κ1) is 71.8. The van der Waals surface area contributed by atoms with Crippen LogP contribution in [0.2, 0.25) is 0 Å².